The van der Waals surface area contributed by atoms with Crippen molar-refractivity contribution < 1.29 is 23.9 Å². The van der Waals surface area contributed by atoms with Gasteiger partial charge in [-0.3, -0.25) is 10.1 Å². The molecule has 0 amide bonds. The van der Waals surface area contributed by atoms with Crippen LogP contribution in [0.2, 0.25) is 5.02 Å². The molecular weight excluding hydrogens is 486 g/mol. The van der Waals surface area contributed by atoms with Gasteiger partial charge in [-0.25, -0.2) is 4.79 Å². The smallest absolute Gasteiger partial charge is 0.345 e. The summed E-state index contributed by atoms with van der Waals surface area (Å²) in [6.07, 6.45) is 0.811. The number of nitriles is 1. The van der Waals surface area contributed by atoms with Crippen molar-refractivity contribution in [3.05, 3.63) is 104 Å². The molecule has 1 unspecified atom stereocenters. The standard InChI is InChI=1S/C26H20ClN3O6/c1-2-11-34-22-6-4-3-5-17(22)24-18-9-8-16(13-23(18)36-25(29)20(24)14-28)35-26(31)19-12-15(30(32)33)7-10-21(19)27/h3-10,12-13,24H,2,11,29H2,1H3. The normalized spacial score (nSPS) is 14.3. The average Bonchev–Trinajstić information content (AvgIpc) is 2.86. The number of non-ortho nitro benzene ring substituents is 1. The number of benzene rings is 3. The molecule has 1 heterocycles. The molecule has 182 valence electrons. The molecule has 2 N–H and O–H groups in total. The van der Waals surface area contributed by atoms with Gasteiger partial charge in [-0.15, -0.1) is 0 Å². The van der Waals surface area contributed by atoms with E-state index in [1.807, 2.05) is 31.2 Å². The number of para-hydroxylation sites is 1. The van der Waals surface area contributed by atoms with Crippen molar-refractivity contribution in [3.63, 3.8) is 0 Å². The third kappa shape index (κ3) is 4.80. The molecule has 0 saturated carbocycles. The number of nitrogens with zero attached hydrogens (tertiary/aromatic N) is 2. The first-order valence-electron chi connectivity index (χ1n) is 10.9. The van der Waals surface area contributed by atoms with Gasteiger partial charge in [0.1, 0.15) is 28.9 Å². The highest BCUT2D eigenvalue weighted by atomic mass is 35.5. The minimum Gasteiger partial charge on any atom is -0.493 e. The second-order valence-corrected chi connectivity index (χ2v) is 8.23. The van der Waals surface area contributed by atoms with Crippen molar-refractivity contribution in [2.24, 2.45) is 5.73 Å². The number of hydrogen-bond acceptors (Lipinski definition) is 8. The van der Waals surface area contributed by atoms with Gasteiger partial charge in [-0.1, -0.05) is 42.8 Å². The maximum atomic E-state index is 12.7. The second-order valence-electron chi connectivity index (χ2n) is 7.82. The highest BCUT2D eigenvalue weighted by Gasteiger charge is 2.33. The quantitative estimate of drug-likeness (QED) is 0.193. The number of nitro benzene ring substituents is 1. The second kappa shape index (κ2) is 10.4. The van der Waals surface area contributed by atoms with Crippen LogP contribution in [0.15, 0.2) is 72.1 Å². The van der Waals surface area contributed by atoms with Crippen molar-refractivity contribution >= 4 is 23.3 Å². The average molecular weight is 506 g/mol. The third-order valence-electron chi connectivity index (χ3n) is 5.47. The van der Waals surface area contributed by atoms with E-state index in [0.717, 1.165) is 18.1 Å². The maximum absolute atomic E-state index is 12.7. The van der Waals surface area contributed by atoms with Crippen LogP contribution in [0, 0.1) is 21.4 Å². The number of nitro groups is 1. The Bertz CT molecular complexity index is 1430. The summed E-state index contributed by atoms with van der Waals surface area (Å²) in [4.78, 5) is 23.1. The summed E-state index contributed by atoms with van der Waals surface area (Å²) in [5, 5.41) is 20.9. The Kier molecular flexibility index (Phi) is 7.08. The summed E-state index contributed by atoms with van der Waals surface area (Å²) in [6, 6.07) is 17.6. The van der Waals surface area contributed by atoms with Gasteiger partial charge in [0.05, 0.1) is 28.0 Å². The molecule has 0 radical (unpaired) electrons. The maximum Gasteiger partial charge on any atom is 0.345 e. The molecule has 0 saturated heterocycles. The Labute approximate surface area is 211 Å². The lowest BCUT2D eigenvalue weighted by Gasteiger charge is -2.28. The van der Waals surface area contributed by atoms with Gasteiger partial charge in [0.2, 0.25) is 5.88 Å². The van der Waals surface area contributed by atoms with Crippen LogP contribution in [0.4, 0.5) is 5.69 Å². The molecule has 4 rings (SSSR count). The van der Waals surface area contributed by atoms with Gasteiger partial charge in [-0.05, 0) is 24.6 Å². The van der Waals surface area contributed by atoms with Gasteiger partial charge < -0.3 is 19.9 Å². The predicted molar refractivity (Wildman–Crippen MR) is 131 cm³/mol. The summed E-state index contributed by atoms with van der Waals surface area (Å²) >= 11 is 6.05. The van der Waals surface area contributed by atoms with Crippen molar-refractivity contribution in [2.75, 3.05) is 6.61 Å². The highest BCUT2D eigenvalue weighted by molar-refractivity contribution is 6.33. The van der Waals surface area contributed by atoms with Crippen molar-refractivity contribution in [1.29, 1.82) is 5.26 Å². The van der Waals surface area contributed by atoms with Crippen LogP contribution >= 0.6 is 11.6 Å². The van der Waals surface area contributed by atoms with Crippen LogP contribution in [0.25, 0.3) is 0 Å². The van der Waals surface area contributed by atoms with Crippen LogP contribution in [-0.2, 0) is 0 Å². The minimum absolute atomic E-state index is 0.00870. The van der Waals surface area contributed by atoms with E-state index in [1.54, 1.807) is 6.07 Å². The van der Waals surface area contributed by atoms with E-state index in [2.05, 4.69) is 6.07 Å². The summed E-state index contributed by atoms with van der Waals surface area (Å²) in [5.74, 6) is -0.515. The van der Waals surface area contributed by atoms with E-state index < -0.39 is 16.8 Å². The fraction of sp³-hybridized carbons (Fsp3) is 0.154. The van der Waals surface area contributed by atoms with Gasteiger partial charge in [0.15, 0.2) is 0 Å². The number of carbonyl (C=O) groups is 1. The van der Waals surface area contributed by atoms with Gasteiger partial charge >= 0.3 is 5.97 Å². The number of carbonyl (C=O) groups excluding carboxylic acids is 1. The Hall–Kier alpha value is -4.55. The zero-order valence-corrected chi connectivity index (χ0v) is 19.8. The Morgan fingerprint density at radius 2 is 1.97 bits per heavy atom. The van der Waals surface area contributed by atoms with Crippen molar-refractivity contribution in [1.82, 2.24) is 0 Å². The SMILES string of the molecule is CCCOc1ccccc1C1C(C#N)=C(N)Oc2cc(OC(=O)c3cc([N+](=O)[O-])ccc3Cl)ccc21. The molecule has 0 fully saturated rings. The molecule has 0 aliphatic carbocycles. The minimum atomic E-state index is -0.879. The molecular formula is C26H20ClN3O6. The number of nitrogens with two attached hydrogens (primary N) is 1. The van der Waals surface area contributed by atoms with E-state index in [4.69, 9.17) is 31.5 Å². The number of allylic oxidation sites excluding steroid dienone is 1. The fourth-order valence-electron chi connectivity index (χ4n) is 3.83. The first-order valence-corrected chi connectivity index (χ1v) is 11.3. The molecule has 0 aromatic heterocycles. The first-order chi connectivity index (χ1) is 17.3. The van der Waals surface area contributed by atoms with E-state index in [1.165, 1.54) is 24.3 Å². The Morgan fingerprint density at radius 1 is 1.19 bits per heavy atom. The van der Waals surface area contributed by atoms with Crippen LogP contribution in [0.5, 0.6) is 17.2 Å². The van der Waals surface area contributed by atoms with Gasteiger partial charge in [0, 0.05) is 29.3 Å². The zero-order valence-electron chi connectivity index (χ0n) is 19.1. The summed E-state index contributed by atoms with van der Waals surface area (Å²) in [5.41, 5.74) is 7.23. The fourth-order valence-corrected chi connectivity index (χ4v) is 4.02. The number of halogens is 1. The summed E-state index contributed by atoms with van der Waals surface area (Å²) < 4.78 is 17.0. The number of hydrogen-bond donors (Lipinski definition) is 1. The Balaban J connectivity index is 1.70. The Morgan fingerprint density at radius 3 is 2.69 bits per heavy atom. The molecule has 9 nitrogen and oxygen atoms in total. The predicted octanol–water partition coefficient (Wildman–Crippen LogP) is 5.47. The lowest BCUT2D eigenvalue weighted by Crippen LogP contribution is -2.21. The highest BCUT2D eigenvalue weighted by Crippen LogP contribution is 2.46. The van der Waals surface area contributed by atoms with E-state index in [-0.39, 0.29) is 39.2 Å². The number of fused-ring (bicyclic) bond motifs is 1. The van der Waals surface area contributed by atoms with Crippen LogP contribution in [0.3, 0.4) is 0 Å². The van der Waals surface area contributed by atoms with E-state index in [9.17, 15) is 20.2 Å². The van der Waals surface area contributed by atoms with E-state index in [0.29, 0.717) is 17.9 Å². The number of ether oxygens (including phenoxy) is 3. The first kappa shape index (κ1) is 24.6. The summed E-state index contributed by atoms with van der Waals surface area (Å²) in [7, 11) is 0. The molecule has 3 aromatic carbocycles. The molecule has 1 aliphatic heterocycles. The summed E-state index contributed by atoms with van der Waals surface area (Å²) in [6.45, 7) is 2.50. The van der Waals surface area contributed by atoms with Gasteiger partial charge in [-0.2, -0.15) is 5.26 Å². The van der Waals surface area contributed by atoms with Crippen LogP contribution in [-0.4, -0.2) is 17.5 Å². The number of rotatable bonds is 7. The molecule has 1 aliphatic rings. The molecule has 36 heavy (non-hydrogen) atoms. The van der Waals surface area contributed by atoms with E-state index >= 15 is 0 Å². The zero-order chi connectivity index (χ0) is 25.8. The third-order valence-corrected chi connectivity index (χ3v) is 5.80. The lowest BCUT2D eigenvalue weighted by molar-refractivity contribution is -0.384. The molecule has 0 spiro atoms. The molecule has 0 bridgehead atoms. The van der Waals surface area contributed by atoms with Crippen molar-refractivity contribution in [3.8, 4) is 23.3 Å². The number of esters is 1. The lowest BCUT2D eigenvalue weighted by atomic mass is 9.83. The van der Waals surface area contributed by atoms with Crippen molar-refractivity contribution in [2.45, 2.75) is 19.3 Å². The molecule has 10 heteroatoms. The van der Waals surface area contributed by atoms with Crippen LogP contribution < -0.4 is 19.9 Å². The molecule has 3 aromatic rings. The topological polar surface area (TPSA) is 138 Å². The molecule has 1 atom stereocenters. The largest absolute Gasteiger partial charge is 0.493 e. The monoisotopic (exact) mass is 505 g/mol. The van der Waals surface area contributed by atoms with Gasteiger partial charge in [0.25, 0.3) is 5.69 Å². The van der Waals surface area contributed by atoms with Crippen LogP contribution in [0.1, 0.15) is 40.7 Å².